The minimum atomic E-state index is -4.07. The topological polar surface area (TPSA) is 138 Å². The number of rotatable bonds is 17. The molecule has 0 aliphatic rings. The van der Waals surface area contributed by atoms with Gasteiger partial charge >= 0.3 is 19.6 Å². The van der Waals surface area contributed by atoms with Crippen LogP contribution in [0, 0.1) is 0 Å². The van der Waals surface area contributed by atoms with Crippen LogP contribution in [0.25, 0.3) is 0 Å². The molecule has 2 aromatic rings. The average Bonchev–Trinajstić information content (AvgIpc) is 2.87. The number of esters is 2. The number of nitrogens with one attached hydrogen (secondary N) is 2. The summed E-state index contributed by atoms with van der Waals surface area (Å²) >= 11 is 0. The second kappa shape index (κ2) is 16.2. The fraction of sp³-hybridized carbons (Fsp3) is 0.440. The zero-order valence-electron chi connectivity index (χ0n) is 20.8. The maximum atomic E-state index is 14.0. The molecule has 198 valence electrons. The van der Waals surface area contributed by atoms with Crippen LogP contribution in [-0.2, 0) is 45.7 Å². The Kier molecular flexibility index (Phi) is 13.3. The average molecular weight is 522 g/mol. The van der Waals surface area contributed by atoms with Gasteiger partial charge in [0, 0.05) is 6.54 Å². The molecule has 0 fully saturated rings. The van der Waals surface area contributed by atoms with E-state index in [-0.39, 0.29) is 46.0 Å². The fourth-order valence-corrected chi connectivity index (χ4v) is 4.99. The molecule has 0 bridgehead atoms. The molecule has 10 nitrogen and oxygen atoms in total. The summed E-state index contributed by atoms with van der Waals surface area (Å²) in [5.41, 5.74) is 7.09. The highest BCUT2D eigenvalue weighted by Crippen LogP contribution is 2.40. The zero-order valence-corrected chi connectivity index (χ0v) is 21.7. The fourth-order valence-electron chi connectivity index (χ4n) is 3.32. The van der Waals surface area contributed by atoms with Gasteiger partial charge in [0.2, 0.25) is 0 Å². The lowest BCUT2D eigenvalue weighted by atomic mass is 10.1. The van der Waals surface area contributed by atoms with Crippen LogP contribution in [0.15, 0.2) is 60.7 Å². The summed E-state index contributed by atoms with van der Waals surface area (Å²) in [6.45, 7) is 3.69. The Morgan fingerprint density at radius 2 is 1.28 bits per heavy atom. The largest absolute Gasteiger partial charge is 0.465 e. The Morgan fingerprint density at radius 1 is 0.833 bits per heavy atom. The molecule has 0 heterocycles. The Hall–Kier alpha value is -2.59. The molecule has 4 N–H and O–H groups in total. The van der Waals surface area contributed by atoms with Gasteiger partial charge in [-0.3, -0.25) is 18.7 Å². The van der Waals surface area contributed by atoms with Crippen molar-refractivity contribution in [1.29, 1.82) is 0 Å². The second-order valence-electron chi connectivity index (χ2n) is 7.74. The molecular formula is C25H36N3O7P. The number of carbonyl (C=O) groups is 2. The van der Waals surface area contributed by atoms with Crippen LogP contribution in [0.5, 0.6) is 0 Å². The van der Waals surface area contributed by atoms with E-state index in [0.29, 0.717) is 0 Å². The molecule has 11 heteroatoms. The third kappa shape index (κ3) is 10.6. The van der Waals surface area contributed by atoms with Crippen molar-refractivity contribution in [2.75, 3.05) is 33.2 Å². The van der Waals surface area contributed by atoms with E-state index in [1.807, 2.05) is 60.7 Å². The lowest BCUT2D eigenvalue weighted by Gasteiger charge is -2.28. The molecule has 0 spiro atoms. The number of nitrogens with two attached hydrogens (primary N) is 1. The van der Waals surface area contributed by atoms with E-state index in [2.05, 4.69) is 10.2 Å². The van der Waals surface area contributed by atoms with Crippen molar-refractivity contribution in [2.45, 2.75) is 38.8 Å². The van der Waals surface area contributed by atoms with E-state index in [0.717, 1.165) is 11.1 Å². The maximum absolute atomic E-state index is 14.0. The summed E-state index contributed by atoms with van der Waals surface area (Å²) in [7, 11) is -4.07. The lowest BCUT2D eigenvalue weighted by molar-refractivity contribution is -0.145. The first-order valence-electron chi connectivity index (χ1n) is 11.9. The number of ether oxygens (including phenoxy) is 3. The molecule has 0 saturated carbocycles. The highest BCUT2D eigenvalue weighted by Gasteiger charge is 2.36. The van der Waals surface area contributed by atoms with E-state index in [4.69, 9.17) is 24.5 Å². The van der Waals surface area contributed by atoms with Gasteiger partial charge in [-0.05, 0) is 37.8 Å². The Morgan fingerprint density at radius 3 is 1.67 bits per heavy atom. The molecule has 0 amide bonds. The molecule has 2 atom stereocenters. The Bertz CT molecular complexity index is 893. The summed E-state index contributed by atoms with van der Waals surface area (Å²) in [5.74, 6) is -1.21. The highest BCUT2D eigenvalue weighted by molar-refractivity contribution is 7.54. The number of benzene rings is 2. The van der Waals surface area contributed by atoms with Crippen LogP contribution in [0.3, 0.4) is 0 Å². The van der Waals surface area contributed by atoms with Crippen LogP contribution in [-0.4, -0.2) is 57.2 Å². The van der Waals surface area contributed by atoms with Gasteiger partial charge in [-0.1, -0.05) is 60.7 Å². The first-order valence-corrected chi connectivity index (χ1v) is 13.5. The highest BCUT2D eigenvalue weighted by atomic mass is 31.2. The summed E-state index contributed by atoms with van der Waals surface area (Å²) in [4.78, 5) is 25.6. The first kappa shape index (κ1) is 29.6. The quantitative estimate of drug-likeness (QED) is 0.123. The van der Waals surface area contributed by atoms with Gasteiger partial charge in [-0.15, -0.1) is 0 Å². The van der Waals surface area contributed by atoms with E-state index in [9.17, 15) is 14.2 Å². The molecule has 2 aromatic carbocycles. The maximum Gasteiger partial charge on any atom is 0.344 e. The standard InChI is InChI=1S/C25H36N3O7P/c1-3-33-24(29)22(17-20-11-7-5-8-12-20)27-36(31,35-19-32-16-15-26)28-23(25(30)34-4-2)18-21-13-9-6-10-14-21/h5-14,22-23H,3-4,15-19,26H2,1-2H3,(H2,27,28,31)/t22-,23-/m0/s1. The zero-order chi connectivity index (χ0) is 26.2. The van der Waals surface area contributed by atoms with Crippen LogP contribution in [0.1, 0.15) is 25.0 Å². The van der Waals surface area contributed by atoms with Crippen LogP contribution in [0.4, 0.5) is 0 Å². The van der Waals surface area contributed by atoms with Gasteiger partial charge < -0.3 is 19.9 Å². The monoisotopic (exact) mass is 521 g/mol. The Labute approximate surface area is 212 Å². The van der Waals surface area contributed by atoms with Gasteiger partial charge in [0.25, 0.3) is 0 Å². The van der Waals surface area contributed by atoms with Gasteiger partial charge in [0.15, 0.2) is 6.79 Å². The smallest absolute Gasteiger partial charge is 0.344 e. The number of hydrogen-bond donors (Lipinski definition) is 3. The SMILES string of the molecule is CCOC(=O)[C@H](Cc1ccccc1)NP(=O)(N[C@@H](Cc1ccccc1)C(=O)OCC)OCOCCN. The summed E-state index contributed by atoms with van der Waals surface area (Å²) in [6, 6.07) is 16.4. The summed E-state index contributed by atoms with van der Waals surface area (Å²) < 4.78 is 35.3. The predicted molar refractivity (Wildman–Crippen MR) is 136 cm³/mol. The number of hydrogen-bond acceptors (Lipinski definition) is 8. The van der Waals surface area contributed by atoms with E-state index in [1.165, 1.54) is 0 Å². The van der Waals surface area contributed by atoms with Gasteiger partial charge in [-0.2, -0.15) is 0 Å². The number of carbonyl (C=O) groups excluding carboxylic acids is 2. The van der Waals surface area contributed by atoms with Gasteiger partial charge in [-0.25, -0.2) is 10.2 Å². The Balaban J connectivity index is 2.32. The van der Waals surface area contributed by atoms with Crippen molar-refractivity contribution >= 4 is 19.6 Å². The molecular weight excluding hydrogens is 485 g/mol. The molecule has 0 aliphatic heterocycles. The van der Waals surface area contributed by atoms with Crippen molar-refractivity contribution < 1.29 is 32.9 Å². The van der Waals surface area contributed by atoms with Crippen LogP contribution < -0.4 is 15.9 Å². The molecule has 0 saturated heterocycles. The third-order valence-corrected chi connectivity index (χ3v) is 6.71. The van der Waals surface area contributed by atoms with Crippen molar-refractivity contribution in [1.82, 2.24) is 10.2 Å². The van der Waals surface area contributed by atoms with Gasteiger partial charge in [0.05, 0.1) is 19.8 Å². The van der Waals surface area contributed by atoms with Crippen LogP contribution >= 0.6 is 7.67 Å². The molecule has 0 aromatic heterocycles. The molecule has 36 heavy (non-hydrogen) atoms. The third-order valence-electron chi connectivity index (χ3n) is 4.94. The molecule has 2 rings (SSSR count). The molecule has 0 unspecified atom stereocenters. The predicted octanol–water partition coefficient (Wildman–Crippen LogP) is 2.57. The minimum absolute atomic E-state index is 0.142. The van der Waals surface area contributed by atoms with Crippen molar-refractivity contribution in [3.8, 4) is 0 Å². The minimum Gasteiger partial charge on any atom is -0.465 e. The van der Waals surface area contributed by atoms with Crippen molar-refractivity contribution in [2.24, 2.45) is 5.73 Å². The molecule has 0 aliphatic carbocycles. The summed E-state index contributed by atoms with van der Waals surface area (Å²) in [6.07, 6.45) is 0.363. The summed E-state index contributed by atoms with van der Waals surface area (Å²) in [5, 5.41) is 5.56. The van der Waals surface area contributed by atoms with Crippen molar-refractivity contribution in [3.63, 3.8) is 0 Å². The second-order valence-corrected chi connectivity index (χ2v) is 9.62. The van der Waals surface area contributed by atoms with E-state index >= 15 is 0 Å². The first-order chi connectivity index (χ1) is 17.4. The van der Waals surface area contributed by atoms with Crippen LogP contribution in [0.2, 0.25) is 0 Å². The molecule has 0 radical (unpaired) electrons. The van der Waals surface area contributed by atoms with E-state index < -0.39 is 31.7 Å². The lowest BCUT2D eigenvalue weighted by Crippen LogP contribution is -2.46. The van der Waals surface area contributed by atoms with Crippen molar-refractivity contribution in [3.05, 3.63) is 71.8 Å². The van der Waals surface area contributed by atoms with Gasteiger partial charge in [0.1, 0.15) is 12.1 Å². The normalized spacial score (nSPS) is 13.1. The van der Waals surface area contributed by atoms with E-state index in [1.54, 1.807) is 13.8 Å².